The molecule has 0 saturated carbocycles. The molecule has 0 aromatic rings. The van der Waals surface area contributed by atoms with Gasteiger partial charge in [0.05, 0.1) is 12.2 Å². The highest BCUT2D eigenvalue weighted by Crippen LogP contribution is 2.19. The van der Waals surface area contributed by atoms with Crippen molar-refractivity contribution in [1.82, 2.24) is 0 Å². The highest BCUT2D eigenvalue weighted by atomic mass is 16.3. The summed E-state index contributed by atoms with van der Waals surface area (Å²) in [6.07, 6.45) is 14.7. The largest absolute Gasteiger partial charge is 0.390 e. The molecule has 2 heteroatoms. The lowest BCUT2D eigenvalue weighted by atomic mass is 9.90. The van der Waals surface area contributed by atoms with Crippen molar-refractivity contribution in [2.45, 2.75) is 116 Å². The molecule has 2 nitrogen and oxygen atoms in total. The molecule has 0 rings (SSSR count). The van der Waals surface area contributed by atoms with E-state index in [-0.39, 0.29) is 5.92 Å². The smallest absolute Gasteiger partial charge is 0.0826 e. The van der Waals surface area contributed by atoms with Crippen LogP contribution in [0.4, 0.5) is 0 Å². The van der Waals surface area contributed by atoms with Gasteiger partial charge in [0.2, 0.25) is 0 Å². The topological polar surface area (TPSA) is 40.5 Å². The highest BCUT2D eigenvalue weighted by Gasteiger charge is 2.22. The summed E-state index contributed by atoms with van der Waals surface area (Å²) in [4.78, 5) is 0. The predicted octanol–water partition coefficient (Wildman–Crippen LogP) is 5.46. The quantitative estimate of drug-likeness (QED) is 0.394. The van der Waals surface area contributed by atoms with Crippen LogP contribution in [0.15, 0.2) is 0 Å². The van der Waals surface area contributed by atoms with Crippen LogP contribution in [0.25, 0.3) is 0 Å². The molecule has 0 spiro atoms. The van der Waals surface area contributed by atoms with E-state index in [4.69, 9.17) is 0 Å². The van der Waals surface area contributed by atoms with Crippen molar-refractivity contribution in [3.8, 4) is 0 Å². The first kappa shape index (κ1) is 20.9. The summed E-state index contributed by atoms with van der Waals surface area (Å²) < 4.78 is 0. The zero-order chi connectivity index (χ0) is 15.9. The molecule has 0 amide bonds. The van der Waals surface area contributed by atoms with Gasteiger partial charge in [0.1, 0.15) is 0 Å². The molecule has 0 fully saturated rings. The Morgan fingerprint density at radius 2 is 1.05 bits per heavy atom. The summed E-state index contributed by atoms with van der Waals surface area (Å²) in [7, 11) is 0. The molecule has 0 saturated heterocycles. The number of aliphatic hydroxyl groups excluding tert-OH is 2. The van der Waals surface area contributed by atoms with Crippen molar-refractivity contribution < 1.29 is 10.2 Å². The minimum atomic E-state index is -0.529. The second-order valence-corrected chi connectivity index (χ2v) is 6.61. The third kappa shape index (κ3) is 11.2. The van der Waals surface area contributed by atoms with E-state index in [0.717, 1.165) is 25.7 Å². The molecule has 21 heavy (non-hydrogen) atoms. The van der Waals surface area contributed by atoms with Crippen LogP contribution in [-0.2, 0) is 0 Å². The first-order chi connectivity index (χ1) is 10.2. The standard InChI is InChI=1S/C19H40O2/c1-4-7-8-9-10-11-12-13-14-15-16-18(20)19(21)17(5-2)6-3/h17-21H,4-16H2,1-3H3. The van der Waals surface area contributed by atoms with E-state index < -0.39 is 12.2 Å². The second kappa shape index (κ2) is 14.8. The molecule has 0 radical (unpaired) electrons. The predicted molar refractivity (Wildman–Crippen MR) is 92.5 cm³/mol. The zero-order valence-electron chi connectivity index (χ0n) is 14.8. The molecule has 2 atom stereocenters. The molecular weight excluding hydrogens is 260 g/mol. The van der Waals surface area contributed by atoms with Gasteiger partial charge in [0.25, 0.3) is 0 Å². The van der Waals surface area contributed by atoms with Gasteiger partial charge in [-0.15, -0.1) is 0 Å². The summed E-state index contributed by atoms with van der Waals surface area (Å²) in [6.45, 7) is 6.43. The van der Waals surface area contributed by atoms with Gasteiger partial charge in [-0.2, -0.15) is 0 Å². The fourth-order valence-electron chi connectivity index (χ4n) is 3.10. The summed E-state index contributed by atoms with van der Waals surface area (Å²) >= 11 is 0. The zero-order valence-corrected chi connectivity index (χ0v) is 14.8. The molecule has 2 N–H and O–H groups in total. The van der Waals surface area contributed by atoms with E-state index in [1.54, 1.807) is 0 Å². The van der Waals surface area contributed by atoms with Crippen LogP contribution in [0, 0.1) is 5.92 Å². The number of aliphatic hydroxyl groups is 2. The Hall–Kier alpha value is -0.0800. The van der Waals surface area contributed by atoms with Gasteiger partial charge >= 0.3 is 0 Å². The molecule has 0 heterocycles. The Balaban J connectivity index is 3.41. The Labute approximate surface area is 133 Å². The number of hydrogen-bond donors (Lipinski definition) is 2. The Kier molecular flexibility index (Phi) is 14.8. The van der Waals surface area contributed by atoms with Gasteiger partial charge in [-0.05, 0) is 12.3 Å². The minimum absolute atomic E-state index is 0.253. The van der Waals surface area contributed by atoms with Gasteiger partial charge in [-0.1, -0.05) is 97.8 Å². The monoisotopic (exact) mass is 300 g/mol. The fourth-order valence-corrected chi connectivity index (χ4v) is 3.10. The van der Waals surface area contributed by atoms with E-state index in [9.17, 15) is 10.2 Å². The molecule has 0 bridgehead atoms. The van der Waals surface area contributed by atoms with Gasteiger partial charge < -0.3 is 10.2 Å². The number of unbranched alkanes of at least 4 members (excludes halogenated alkanes) is 9. The Morgan fingerprint density at radius 3 is 1.48 bits per heavy atom. The maximum atomic E-state index is 10.1. The van der Waals surface area contributed by atoms with Crippen molar-refractivity contribution in [2.24, 2.45) is 5.92 Å². The summed E-state index contributed by atoms with van der Waals surface area (Å²) in [5.74, 6) is 0.253. The second-order valence-electron chi connectivity index (χ2n) is 6.61. The number of rotatable bonds is 15. The van der Waals surface area contributed by atoms with Crippen molar-refractivity contribution in [3.05, 3.63) is 0 Å². The molecule has 0 aromatic carbocycles. The van der Waals surface area contributed by atoms with Crippen LogP contribution in [-0.4, -0.2) is 22.4 Å². The summed E-state index contributed by atoms with van der Waals surface area (Å²) in [6, 6.07) is 0. The van der Waals surface area contributed by atoms with Crippen molar-refractivity contribution in [1.29, 1.82) is 0 Å². The van der Waals surface area contributed by atoms with Gasteiger partial charge in [0.15, 0.2) is 0 Å². The average Bonchev–Trinajstić information content (AvgIpc) is 2.50. The summed E-state index contributed by atoms with van der Waals surface area (Å²) in [5, 5.41) is 20.1. The van der Waals surface area contributed by atoms with Crippen molar-refractivity contribution in [2.75, 3.05) is 0 Å². The average molecular weight is 301 g/mol. The molecular formula is C19H40O2. The lowest BCUT2D eigenvalue weighted by molar-refractivity contribution is -0.0242. The molecule has 2 unspecified atom stereocenters. The Morgan fingerprint density at radius 1 is 0.619 bits per heavy atom. The van der Waals surface area contributed by atoms with Crippen LogP contribution < -0.4 is 0 Å². The highest BCUT2D eigenvalue weighted by molar-refractivity contribution is 4.74. The molecule has 0 aliphatic rings. The molecule has 0 aliphatic carbocycles. The SMILES string of the molecule is CCCCCCCCCCCCC(O)C(O)C(CC)CC. The van der Waals surface area contributed by atoms with Gasteiger partial charge in [-0.25, -0.2) is 0 Å². The van der Waals surface area contributed by atoms with Gasteiger partial charge in [0, 0.05) is 0 Å². The van der Waals surface area contributed by atoms with E-state index >= 15 is 0 Å². The van der Waals surface area contributed by atoms with Crippen LogP contribution in [0.1, 0.15) is 104 Å². The van der Waals surface area contributed by atoms with E-state index in [0.29, 0.717) is 0 Å². The van der Waals surface area contributed by atoms with Crippen LogP contribution in [0.5, 0.6) is 0 Å². The fraction of sp³-hybridized carbons (Fsp3) is 1.00. The van der Waals surface area contributed by atoms with Crippen molar-refractivity contribution in [3.63, 3.8) is 0 Å². The van der Waals surface area contributed by atoms with E-state index in [2.05, 4.69) is 20.8 Å². The molecule has 0 aliphatic heterocycles. The van der Waals surface area contributed by atoms with Crippen LogP contribution in [0.2, 0.25) is 0 Å². The Bertz CT molecular complexity index is 202. The maximum Gasteiger partial charge on any atom is 0.0826 e. The number of hydrogen-bond acceptors (Lipinski definition) is 2. The lowest BCUT2D eigenvalue weighted by Gasteiger charge is -2.25. The summed E-state index contributed by atoms with van der Waals surface area (Å²) in [5.41, 5.74) is 0. The van der Waals surface area contributed by atoms with Crippen LogP contribution >= 0.6 is 0 Å². The van der Waals surface area contributed by atoms with Gasteiger partial charge in [-0.3, -0.25) is 0 Å². The first-order valence-electron chi connectivity index (χ1n) is 9.53. The lowest BCUT2D eigenvalue weighted by Crippen LogP contribution is -2.32. The molecule has 0 aromatic heterocycles. The van der Waals surface area contributed by atoms with E-state index in [1.165, 1.54) is 57.8 Å². The van der Waals surface area contributed by atoms with Crippen LogP contribution in [0.3, 0.4) is 0 Å². The normalized spacial score (nSPS) is 14.6. The van der Waals surface area contributed by atoms with Crippen molar-refractivity contribution >= 4 is 0 Å². The molecule has 128 valence electrons. The minimum Gasteiger partial charge on any atom is -0.390 e. The third-order valence-electron chi connectivity index (χ3n) is 4.78. The first-order valence-corrected chi connectivity index (χ1v) is 9.53. The van der Waals surface area contributed by atoms with E-state index in [1.807, 2.05) is 0 Å². The maximum absolute atomic E-state index is 10.1. The third-order valence-corrected chi connectivity index (χ3v) is 4.78.